The van der Waals surface area contributed by atoms with E-state index in [-0.39, 0.29) is 11.8 Å². The predicted molar refractivity (Wildman–Crippen MR) is 101 cm³/mol. The normalized spacial score (nSPS) is 16.7. The maximum atomic E-state index is 12.7. The average Bonchev–Trinajstić information content (AvgIpc) is 2.95. The third kappa shape index (κ3) is 3.12. The summed E-state index contributed by atoms with van der Waals surface area (Å²) in [6.07, 6.45) is 4.38. The van der Waals surface area contributed by atoms with Crippen LogP contribution >= 0.6 is 23.2 Å². The molecule has 1 aromatic carbocycles. The number of carbonyl (C=O) groups is 1. The zero-order valence-electron chi connectivity index (χ0n) is 13.7. The fourth-order valence-corrected chi connectivity index (χ4v) is 3.65. The van der Waals surface area contributed by atoms with Crippen LogP contribution in [0.5, 0.6) is 0 Å². The van der Waals surface area contributed by atoms with Gasteiger partial charge in [0.1, 0.15) is 5.65 Å². The third-order valence-electron chi connectivity index (χ3n) is 4.68. The molecule has 6 heteroatoms. The van der Waals surface area contributed by atoms with E-state index in [0.717, 1.165) is 29.9 Å². The summed E-state index contributed by atoms with van der Waals surface area (Å²) >= 11 is 11.9. The minimum atomic E-state index is -0.0811. The van der Waals surface area contributed by atoms with Crippen molar-refractivity contribution in [2.45, 2.75) is 26.2 Å². The summed E-state index contributed by atoms with van der Waals surface area (Å²) in [5, 5.41) is 3.86. The van der Waals surface area contributed by atoms with Crippen molar-refractivity contribution in [3.8, 4) is 0 Å². The van der Waals surface area contributed by atoms with Crippen LogP contribution in [0.4, 0.5) is 5.69 Å². The second kappa shape index (κ2) is 6.36. The zero-order valence-corrected chi connectivity index (χ0v) is 15.2. The molecule has 0 radical (unpaired) electrons. The van der Waals surface area contributed by atoms with Gasteiger partial charge in [-0.25, -0.2) is 4.98 Å². The number of nitrogens with zero attached hydrogens (tertiary/aromatic N) is 2. The molecule has 1 aliphatic rings. The smallest absolute Gasteiger partial charge is 0.227 e. The lowest BCUT2D eigenvalue weighted by Gasteiger charge is -2.21. The van der Waals surface area contributed by atoms with Gasteiger partial charge >= 0.3 is 0 Å². The van der Waals surface area contributed by atoms with Gasteiger partial charge in [0.25, 0.3) is 0 Å². The van der Waals surface area contributed by atoms with Crippen LogP contribution in [-0.4, -0.2) is 15.3 Å². The van der Waals surface area contributed by atoms with Crippen molar-refractivity contribution in [3.63, 3.8) is 0 Å². The molecule has 1 N–H and O–H groups in total. The van der Waals surface area contributed by atoms with Crippen LogP contribution in [-0.2, 0) is 17.6 Å². The van der Waals surface area contributed by atoms with Crippen LogP contribution in [0.15, 0.2) is 36.5 Å². The van der Waals surface area contributed by atoms with E-state index in [1.165, 1.54) is 5.56 Å². The van der Waals surface area contributed by atoms with Gasteiger partial charge < -0.3 is 9.72 Å². The Morgan fingerprint density at radius 3 is 2.88 bits per heavy atom. The van der Waals surface area contributed by atoms with Gasteiger partial charge in [0, 0.05) is 29.9 Å². The van der Waals surface area contributed by atoms with E-state index in [0.29, 0.717) is 22.2 Å². The van der Waals surface area contributed by atoms with Gasteiger partial charge in [-0.05, 0) is 49.6 Å². The number of nitrogens with one attached hydrogen (secondary N) is 1. The number of imidazole rings is 1. The molecule has 0 aliphatic heterocycles. The Kier molecular flexibility index (Phi) is 4.18. The Morgan fingerprint density at radius 1 is 1.24 bits per heavy atom. The number of rotatable bonds is 2. The van der Waals surface area contributed by atoms with Crippen molar-refractivity contribution in [1.29, 1.82) is 0 Å². The van der Waals surface area contributed by atoms with E-state index >= 15 is 0 Å². The summed E-state index contributed by atoms with van der Waals surface area (Å²) in [6, 6.07) is 9.21. The van der Waals surface area contributed by atoms with E-state index in [1.807, 2.05) is 6.07 Å². The first kappa shape index (κ1) is 16.4. The van der Waals surface area contributed by atoms with Crippen molar-refractivity contribution in [3.05, 3.63) is 63.5 Å². The second-order valence-electron chi connectivity index (χ2n) is 6.50. The maximum Gasteiger partial charge on any atom is 0.227 e. The Labute approximate surface area is 155 Å². The SMILES string of the molecule is Cc1ccc2nc3c(n2c1)CC(C(=O)Nc1ccc(Cl)c(Cl)c1)CC3. The van der Waals surface area contributed by atoms with Crippen LogP contribution in [0.25, 0.3) is 5.65 Å². The zero-order chi connectivity index (χ0) is 17.6. The van der Waals surface area contributed by atoms with Gasteiger partial charge in [0.15, 0.2) is 0 Å². The molecular formula is C19H17Cl2N3O. The largest absolute Gasteiger partial charge is 0.326 e. The van der Waals surface area contributed by atoms with Gasteiger partial charge in [-0.3, -0.25) is 4.79 Å². The molecule has 0 saturated carbocycles. The molecular weight excluding hydrogens is 357 g/mol. The molecule has 2 aromatic heterocycles. The molecule has 1 unspecified atom stereocenters. The molecule has 128 valence electrons. The Bertz CT molecular complexity index is 980. The molecule has 0 spiro atoms. The Balaban J connectivity index is 1.57. The number of benzene rings is 1. The molecule has 1 atom stereocenters. The number of aryl methyl sites for hydroxylation is 2. The minimum absolute atomic E-state index is 0.00615. The van der Waals surface area contributed by atoms with E-state index in [9.17, 15) is 4.79 Å². The standard InChI is InChI=1S/C19H17Cl2N3O/c1-11-2-7-18-23-16-6-3-12(8-17(16)24(18)10-11)19(25)22-13-4-5-14(20)15(21)9-13/h2,4-5,7,9-10,12H,3,6,8H2,1H3,(H,22,25). The molecule has 0 saturated heterocycles. The van der Waals surface area contributed by atoms with Crippen LogP contribution in [0.3, 0.4) is 0 Å². The number of anilines is 1. The summed E-state index contributed by atoms with van der Waals surface area (Å²) in [6.45, 7) is 2.06. The summed E-state index contributed by atoms with van der Waals surface area (Å²) < 4.78 is 2.11. The first-order valence-electron chi connectivity index (χ1n) is 8.23. The fraction of sp³-hybridized carbons (Fsp3) is 0.263. The number of hydrogen-bond donors (Lipinski definition) is 1. The number of fused-ring (bicyclic) bond motifs is 3. The molecule has 4 rings (SSSR count). The molecule has 2 heterocycles. The highest BCUT2D eigenvalue weighted by Gasteiger charge is 2.28. The number of halogens is 2. The first-order valence-corrected chi connectivity index (χ1v) is 8.99. The second-order valence-corrected chi connectivity index (χ2v) is 7.31. The lowest BCUT2D eigenvalue weighted by atomic mass is 9.89. The number of carbonyl (C=O) groups excluding carboxylic acids is 1. The fourth-order valence-electron chi connectivity index (χ4n) is 3.35. The van der Waals surface area contributed by atoms with Gasteiger partial charge in [-0.1, -0.05) is 29.3 Å². The highest BCUT2D eigenvalue weighted by atomic mass is 35.5. The van der Waals surface area contributed by atoms with Gasteiger partial charge in [-0.2, -0.15) is 0 Å². The van der Waals surface area contributed by atoms with Crippen LogP contribution < -0.4 is 5.32 Å². The molecule has 0 bridgehead atoms. The highest BCUT2D eigenvalue weighted by Crippen LogP contribution is 2.29. The molecule has 0 fully saturated rings. The monoisotopic (exact) mass is 373 g/mol. The molecule has 4 nitrogen and oxygen atoms in total. The number of hydrogen-bond acceptors (Lipinski definition) is 2. The van der Waals surface area contributed by atoms with Crippen molar-refractivity contribution in [2.75, 3.05) is 5.32 Å². The predicted octanol–water partition coefficient (Wildman–Crippen LogP) is 4.69. The molecule has 3 aromatic rings. The van der Waals surface area contributed by atoms with E-state index in [2.05, 4.69) is 28.9 Å². The molecule has 1 amide bonds. The van der Waals surface area contributed by atoms with Gasteiger partial charge in [0.05, 0.1) is 15.7 Å². The first-order chi connectivity index (χ1) is 12.0. The number of amides is 1. The van der Waals surface area contributed by atoms with E-state index < -0.39 is 0 Å². The maximum absolute atomic E-state index is 12.7. The summed E-state index contributed by atoms with van der Waals surface area (Å²) in [5.74, 6) is -0.0750. The lowest BCUT2D eigenvalue weighted by molar-refractivity contribution is -0.120. The van der Waals surface area contributed by atoms with Crippen molar-refractivity contribution in [1.82, 2.24) is 9.38 Å². The van der Waals surface area contributed by atoms with Crippen molar-refractivity contribution < 1.29 is 4.79 Å². The van der Waals surface area contributed by atoms with E-state index in [1.54, 1.807) is 18.2 Å². The van der Waals surface area contributed by atoms with Crippen molar-refractivity contribution >= 4 is 40.4 Å². The quantitative estimate of drug-likeness (QED) is 0.707. The highest BCUT2D eigenvalue weighted by molar-refractivity contribution is 6.42. The molecule has 25 heavy (non-hydrogen) atoms. The average molecular weight is 374 g/mol. The van der Waals surface area contributed by atoms with Crippen LogP contribution in [0.2, 0.25) is 10.0 Å². The van der Waals surface area contributed by atoms with Crippen LogP contribution in [0, 0.1) is 12.8 Å². The Hall–Kier alpha value is -2.04. The summed E-state index contributed by atoms with van der Waals surface area (Å²) in [7, 11) is 0. The minimum Gasteiger partial charge on any atom is -0.326 e. The van der Waals surface area contributed by atoms with Gasteiger partial charge in [-0.15, -0.1) is 0 Å². The number of aromatic nitrogens is 2. The van der Waals surface area contributed by atoms with Crippen LogP contribution in [0.1, 0.15) is 23.4 Å². The lowest BCUT2D eigenvalue weighted by Crippen LogP contribution is -2.28. The topological polar surface area (TPSA) is 46.4 Å². The van der Waals surface area contributed by atoms with Gasteiger partial charge in [0.2, 0.25) is 5.91 Å². The number of pyridine rings is 1. The summed E-state index contributed by atoms with van der Waals surface area (Å²) in [4.78, 5) is 17.4. The third-order valence-corrected chi connectivity index (χ3v) is 5.41. The van der Waals surface area contributed by atoms with Crippen molar-refractivity contribution in [2.24, 2.45) is 5.92 Å². The van der Waals surface area contributed by atoms with E-state index in [4.69, 9.17) is 28.2 Å². The molecule has 1 aliphatic carbocycles. The summed E-state index contributed by atoms with van der Waals surface area (Å²) in [5.41, 5.74) is 5.03. The Morgan fingerprint density at radius 2 is 2.08 bits per heavy atom.